The van der Waals surface area contributed by atoms with Gasteiger partial charge in [0.15, 0.2) is 5.65 Å². The Morgan fingerprint density at radius 1 is 1.00 bits per heavy atom. The van der Waals surface area contributed by atoms with Crippen LogP contribution >= 0.6 is 0 Å². The zero-order chi connectivity index (χ0) is 20.0. The summed E-state index contributed by atoms with van der Waals surface area (Å²) in [5.74, 6) is 0.357. The summed E-state index contributed by atoms with van der Waals surface area (Å²) in [6.07, 6.45) is 1.74. The number of hydrogen-bond donors (Lipinski definition) is 2. The minimum atomic E-state index is -0.207. The number of phenolic OH excluding ortho intramolecular Hbond substituents is 1. The van der Waals surface area contributed by atoms with E-state index in [0.717, 1.165) is 33.4 Å². The van der Waals surface area contributed by atoms with Crippen molar-refractivity contribution in [2.75, 3.05) is 6.61 Å². The number of nitrogens with zero attached hydrogens (tertiary/aromatic N) is 3. The number of aromatic hydroxyl groups is 1. The lowest BCUT2D eigenvalue weighted by atomic mass is 9.78. The Morgan fingerprint density at radius 2 is 1.59 bits per heavy atom. The van der Waals surface area contributed by atoms with E-state index in [9.17, 15) is 10.2 Å². The Morgan fingerprint density at radius 3 is 2.11 bits per heavy atom. The van der Waals surface area contributed by atoms with E-state index in [0.29, 0.717) is 12.3 Å². The molecule has 2 aromatic heterocycles. The summed E-state index contributed by atoms with van der Waals surface area (Å²) in [6, 6.07) is 7.96. The third kappa shape index (κ3) is 3.56. The van der Waals surface area contributed by atoms with Gasteiger partial charge in [0.25, 0.3) is 0 Å². The van der Waals surface area contributed by atoms with Crippen LogP contribution in [0.3, 0.4) is 0 Å². The van der Waals surface area contributed by atoms with Crippen LogP contribution in [0.2, 0.25) is 0 Å². The number of phenols is 1. The van der Waals surface area contributed by atoms with Gasteiger partial charge in [-0.1, -0.05) is 41.5 Å². The fourth-order valence-electron chi connectivity index (χ4n) is 3.39. The highest BCUT2D eigenvalue weighted by Gasteiger charge is 2.28. The molecule has 1 aromatic carbocycles. The summed E-state index contributed by atoms with van der Waals surface area (Å²) in [5, 5.41) is 26.0. The molecule has 0 bridgehead atoms. The van der Waals surface area contributed by atoms with Crippen molar-refractivity contribution in [2.24, 2.45) is 0 Å². The van der Waals surface area contributed by atoms with Crippen molar-refractivity contribution in [3.63, 3.8) is 0 Å². The molecular formula is C22H29N3O2. The van der Waals surface area contributed by atoms with Crippen LogP contribution in [0, 0.1) is 0 Å². The monoisotopic (exact) mass is 367 g/mol. The number of benzene rings is 1. The van der Waals surface area contributed by atoms with Gasteiger partial charge in [-0.25, -0.2) is 9.67 Å². The van der Waals surface area contributed by atoms with Crippen LogP contribution in [0.15, 0.2) is 30.5 Å². The van der Waals surface area contributed by atoms with Crippen LogP contribution < -0.4 is 0 Å². The summed E-state index contributed by atoms with van der Waals surface area (Å²) in [4.78, 5) is 4.45. The van der Waals surface area contributed by atoms with E-state index in [1.54, 1.807) is 10.9 Å². The Hall–Kier alpha value is -2.40. The van der Waals surface area contributed by atoms with Crippen LogP contribution in [0.4, 0.5) is 0 Å². The van der Waals surface area contributed by atoms with Crippen molar-refractivity contribution in [1.82, 2.24) is 14.8 Å². The molecule has 5 heteroatoms. The number of aliphatic hydroxyl groups excluding tert-OH is 1. The molecule has 2 heterocycles. The highest BCUT2D eigenvalue weighted by Crippen LogP contribution is 2.42. The fraction of sp³-hybridized carbons (Fsp3) is 0.455. The summed E-state index contributed by atoms with van der Waals surface area (Å²) < 4.78 is 1.74. The van der Waals surface area contributed by atoms with E-state index < -0.39 is 0 Å². The third-order valence-electron chi connectivity index (χ3n) is 4.82. The highest BCUT2D eigenvalue weighted by atomic mass is 16.3. The van der Waals surface area contributed by atoms with Crippen molar-refractivity contribution in [2.45, 2.75) is 58.9 Å². The van der Waals surface area contributed by atoms with Gasteiger partial charge in [0, 0.05) is 28.3 Å². The summed E-state index contributed by atoms with van der Waals surface area (Å²) in [7, 11) is 0. The van der Waals surface area contributed by atoms with Gasteiger partial charge in [-0.05, 0) is 35.1 Å². The molecule has 0 saturated heterocycles. The first-order chi connectivity index (χ1) is 12.5. The standard InChI is InChI=1S/C22H29N3O2/c1-21(2,3)16-12-14(13-17(19(16)27)22(4,5)6)18-15-8-7-9-23-20(15)25(24-18)10-11-26/h7-9,12-13,26-27H,10-11H2,1-6H3. The second-order valence-electron chi connectivity index (χ2n) is 9.09. The fourth-order valence-corrected chi connectivity index (χ4v) is 3.39. The smallest absolute Gasteiger partial charge is 0.158 e. The molecule has 3 aromatic rings. The molecule has 0 spiro atoms. The lowest BCUT2D eigenvalue weighted by Crippen LogP contribution is -2.17. The van der Waals surface area contributed by atoms with E-state index in [2.05, 4.69) is 46.5 Å². The van der Waals surface area contributed by atoms with Crippen molar-refractivity contribution >= 4 is 11.0 Å². The van der Waals surface area contributed by atoms with E-state index >= 15 is 0 Å². The molecule has 2 N–H and O–H groups in total. The quantitative estimate of drug-likeness (QED) is 0.720. The number of fused-ring (bicyclic) bond motifs is 1. The Balaban J connectivity index is 2.34. The van der Waals surface area contributed by atoms with Gasteiger partial charge >= 0.3 is 0 Å². The third-order valence-corrected chi connectivity index (χ3v) is 4.82. The topological polar surface area (TPSA) is 71.2 Å². The van der Waals surface area contributed by atoms with Crippen molar-refractivity contribution < 1.29 is 10.2 Å². The molecule has 5 nitrogen and oxygen atoms in total. The molecule has 0 fully saturated rings. The van der Waals surface area contributed by atoms with Crippen molar-refractivity contribution in [1.29, 1.82) is 0 Å². The SMILES string of the molecule is CC(C)(C)c1cc(-c2nn(CCO)c3ncccc23)cc(C(C)(C)C)c1O. The maximum atomic E-state index is 11.0. The first kappa shape index (κ1) is 19.4. The first-order valence-corrected chi connectivity index (χ1v) is 9.35. The number of rotatable bonds is 3. The number of aromatic nitrogens is 3. The zero-order valence-electron chi connectivity index (χ0n) is 17.0. The van der Waals surface area contributed by atoms with Gasteiger partial charge in [0.1, 0.15) is 11.4 Å². The van der Waals surface area contributed by atoms with Crippen LogP contribution in [0.5, 0.6) is 5.75 Å². The molecule has 0 aliphatic heterocycles. The molecule has 0 radical (unpaired) electrons. The predicted molar refractivity (Wildman–Crippen MR) is 109 cm³/mol. The average molecular weight is 367 g/mol. The lowest BCUT2D eigenvalue weighted by molar-refractivity contribution is 0.271. The second kappa shape index (κ2) is 6.64. The van der Waals surface area contributed by atoms with Gasteiger partial charge in [-0.3, -0.25) is 0 Å². The second-order valence-corrected chi connectivity index (χ2v) is 9.09. The highest BCUT2D eigenvalue weighted by molar-refractivity contribution is 5.91. The average Bonchev–Trinajstić information content (AvgIpc) is 2.92. The number of hydrogen-bond acceptors (Lipinski definition) is 4. The summed E-state index contributed by atoms with van der Waals surface area (Å²) in [5.41, 5.74) is 3.92. The van der Waals surface area contributed by atoms with Gasteiger partial charge in [-0.2, -0.15) is 5.10 Å². The van der Waals surface area contributed by atoms with Gasteiger partial charge < -0.3 is 10.2 Å². The molecule has 0 unspecified atom stereocenters. The van der Waals surface area contributed by atoms with E-state index in [4.69, 9.17) is 5.10 Å². The van der Waals surface area contributed by atoms with Gasteiger partial charge in [-0.15, -0.1) is 0 Å². The van der Waals surface area contributed by atoms with E-state index in [-0.39, 0.29) is 17.4 Å². The molecule has 27 heavy (non-hydrogen) atoms. The van der Waals surface area contributed by atoms with Crippen LogP contribution in [-0.2, 0) is 17.4 Å². The molecule has 144 valence electrons. The van der Waals surface area contributed by atoms with Crippen LogP contribution in [0.25, 0.3) is 22.3 Å². The molecule has 0 aliphatic carbocycles. The number of aliphatic hydroxyl groups is 1. The van der Waals surface area contributed by atoms with Crippen molar-refractivity contribution in [3.8, 4) is 17.0 Å². The maximum Gasteiger partial charge on any atom is 0.158 e. The molecule has 3 rings (SSSR count). The Labute approximate surface area is 160 Å². The number of pyridine rings is 1. The van der Waals surface area contributed by atoms with Gasteiger partial charge in [0.05, 0.1) is 13.2 Å². The minimum Gasteiger partial charge on any atom is -0.507 e. The van der Waals surface area contributed by atoms with Crippen LogP contribution in [-0.4, -0.2) is 31.6 Å². The Bertz CT molecular complexity index is 940. The summed E-state index contributed by atoms with van der Waals surface area (Å²) >= 11 is 0. The van der Waals surface area contributed by atoms with E-state index in [1.165, 1.54) is 0 Å². The first-order valence-electron chi connectivity index (χ1n) is 9.35. The predicted octanol–water partition coefficient (Wildman–Crippen LogP) is 4.39. The minimum absolute atomic E-state index is 0.00283. The van der Waals surface area contributed by atoms with Crippen molar-refractivity contribution in [3.05, 3.63) is 41.6 Å². The van der Waals surface area contributed by atoms with Gasteiger partial charge in [0.2, 0.25) is 0 Å². The molecule has 0 saturated carbocycles. The van der Waals surface area contributed by atoms with E-state index in [1.807, 2.05) is 24.3 Å². The maximum absolute atomic E-state index is 11.0. The lowest BCUT2D eigenvalue weighted by Gasteiger charge is -2.28. The molecule has 0 amide bonds. The molecule has 0 atom stereocenters. The molecular weight excluding hydrogens is 338 g/mol. The molecule has 0 aliphatic rings. The zero-order valence-corrected chi connectivity index (χ0v) is 17.0. The Kier molecular flexibility index (Phi) is 4.76. The normalized spacial score (nSPS) is 12.7. The summed E-state index contributed by atoms with van der Waals surface area (Å²) in [6.45, 7) is 13.0. The largest absolute Gasteiger partial charge is 0.507 e. The van der Waals surface area contributed by atoms with Crippen LogP contribution in [0.1, 0.15) is 52.7 Å².